The minimum atomic E-state index is -0.391. The number of carbonyl (C=O) groups is 2. The van der Waals surface area contributed by atoms with Gasteiger partial charge in [0.15, 0.2) is 0 Å². The largest absolute Gasteiger partial charge is 0.423 e. The molecule has 5 heteroatoms. The molecule has 0 fully saturated rings. The van der Waals surface area contributed by atoms with Crippen molar-refractivity contribution in [3.63, 3.8) is 0 Å². The van der Waals surface area contributed by atoms with E-state index in [0.29, 0.717) is 17.7 Å². The van der Waals surface area contributed by atoms with Crippen molar-refractivity contribution in [1.82, 2.24) is 5.43 Å². The van der Waals surface area contributed by atoms with Crippen LogP contribution in [0.3, 0.4) is 0 Å². The normalized spacial score (nSPS) is 11.1. The molecule has 0 saturated carbocycles. The van der Waals surface area contributed by atoms with Crippen LogP contribution in [0.4, 0.5) is 0 Å². The van der Waals surface area contributed by atoms with Gasteiger partial charge in [-0.1, -0.05) is 115 Å². The molecule has 0 spiro atoms. The zero-order valence-corrected chi connectivity index (χ0v) is 23.7. The zero-order valence-electron chi connectivity index (χ0n) is 23.7. The molecule has 2 aromatic carbocycles. The topological polar surface area (TPSA) is 67.8 Å². The number of amides is 1. The third-order valence-electron chi connectivity index (χ3n) is 6.79. The molecule has 0 aromatic heterocycles. The summed E-state index contributed by atoms with van der Waals surface area (Å²) in [6.07, 6.45) is 21.8. The van der Waals surface area contributed by atoms with Crippen LogP contribution >= 0.6 is 0 Å². The minimum Gasteiger partial charge on any atom is -0.423 e. The second-order valence-electron chi connectivity index (χ2n) is 10.3. The molecule has 0 heterocycles. The Kier molecular flexibility index (Phi) is 16.5. The number of aryl methyl sites for hydroxylation is 1. The van der Waals surface area contributed by atoms with E-state index >= 15 is 0 Å². The maximum Gasteiger partial charge on any atom is 0.343 e. The number of ether oxygens (including phenoxy) is 1. The smallest absolute Gasteiger partial charge is 0.343 e. The number of carbonyl (C=O) groups excluding carboxylic acids is 2. The van der Waals surface area contributed by atoms with Crippen molar-refractivity contribution in [1.29, 1.82) is 0 Å². The molecular formula is C33H48N2O3. The van der Waals surface area contributed by atoms with E-state index in [4.69, 9.17) is 4.74 Å². The Balaban J connectivity index is 1.46. The van der Waals surface area contributed by atoms with Crippen molar-refractivity contribution >= 4 is 18.1 Å². The van der Waals surface area contributed by atoms with E-state index in [2.05, 4.69) is 17.5 Å². The summed E-state index contributed by atoms with van der Waals surface area (Å²) in [4.78, 5) is 24.2. The van der Waals surface area contributed by atoms with E-state index in [1.807, 2.05) is 19.1 Å². The second kappa shape index (κ2) is 20.1. The number of benzene rings is 2. The van der Waals surface area contributed by atoms with Gasteiger partial charge in [-0.25, -0.2) is 10.2 Å². The highest BCUT2D eigenvalue weighted by Gasteiger charge is 2.08. The molecule has 0 radical (unpaired) electrons. The van der Waals surface area contributed by atoms with Gasteiger partial charge >= 0.3 is 5.97 Å². The number of hydrogen-bond donors (Lipinski definition) is 1. The molecule has 38 heavy (non-hydrogen) atoms. The fourth-order valence-corrected chi connectivity index (χ4v) is 4.37. The Bertz CT molecular complexity index is 936. The molecule has 1 amide bonds. The summed E-state index contributed by atoms with van der Waals surface area (Å²) >= 11 is 0. The highest BCUT2D eigenvalue weighted by atomic mass is 16.5. The summed E-state index contributed by atoms with van der Waals surface area (Å²) in [5.74, 6) is 0.0157. The molecule has 0 unspecified atom stereocenters. The lowest BCUT2D eigenvalue weighted by Gasteiger charge is -2.05. The summed E-state index contributed by atoms with van der Waals surface area (Å²) in [5.41, 5.74) is 5.01. The van der Waals surface area contributed by atoms with Crippen molar-refractivity contribution in [3.8, 4) is 5.75 Å². The molecular weight excluding hydrogens is 472 g/mol. The van der Waals surface area contributed by atoms with Crippen LogP contribution in [-0.2, 0) is 4.79 Å². The quantitative estimate of drug-likeness (QED) is 0.0623. The van der Waals surface area contributed by atoms with E-state index in [1.54, 1.807) is 42.6 Å². The number of hydrazone groups is 1. The highest BCUT2D eigenvalue weighted by molar-refractivity contribution is 5.91. The second-order valence-corrected chi connectivity index (χ2v) is 10.3. The zero-order chi connectivity index (χ0) is 27.3. The lowest BCUT2D eigenvalue weighted by Crippen LogP contribution is -2.16. The summed E-state index contributed by atoms with van der Waals surface area (Å²) in [6.45, 7) is 4.24. The van der Waals surface area contributed by atoms with Crippen molar-refractivity contribution < 1.29 is 14.3 Å². The van der Waals surface area contributed by atoms with Gasteiger partial charge in [-0.05, 0) is 55.3 Å². The molecule has 0 bridgehead atoms. The average molecular weight is 521 g/mol. The van der Waals surface area contributed by atoms with Crippen LogP contribution in [0.2, 0.25) is 0 Å². The van der Waals surface area contributed by atoms with Crippen molar-refractivity contribution in [2.75, 3.05) is 0 Å². The van der Waals surface area contributed by atoms with Crippen LogP contribution in [0.1, 0.15) is 131 Å². The third-order valence-corrected chi connectivity index (χ3v) is 6.79. The van der Waals surface area contributed by atoms with Crippen LogP contribution in [-0.4, -0.2) is 18.1 Å². The lowest BCUT2D eigenvalue weighted by molar-refractivity contribution is -0.121. The van der Waals surface area contributed by atoms with Crippen molar-refractivity contribution in [2.45, 2.75) is 117 Å². The van der Waals surface area contributed by atoms with Gasteiger partial charge in [0.2, 0.25) is 5.91 Å². The molecule has 0 aliphatic rings. The number of unbranched alkanes of at least 4 members (excludes halogenated alkanes) is 14. The Morgan fingerprint density at radius 2 is 1.21 bits per heavy atom. The monoisotopic (exact) mass is 520 g/mol. The van der Waals surface area contributed by atoms with Gasteiger partial charge in [-0.3, -0.25) is 4.79 Å². The first-order valence-corrected chi connectivity index (χ1v) is 14.8. The van der Waals surface area contributed by atoms with Crippen LogP contribution in [0.25, 0.3) is 0 Å². The van der Waals surface area contributed by atoms with Crippen molar-refractivity contribution in [3.05, 3.63) is 65.2 Å². The first-order valence-electron chi connectivity index (χ1n) is 14.8. The SMILES string of the molecule is CCCCCCCCCCCCCCCCCC(=O)N/N=C/c1ccc(OC(=O)c2ccc(C)cc2)cc1. The minimum absolute atomic E-state index is 0.0559. The van der Waals surface area contributed by atoms with Gasteiger partial charge in [0, 0.05) is 6.42 Å². The lowest BCUT2D eigenvalue weighted by atomic mass is 10.0. The number of nitrogens with zero attached hydrogens (tertiary/aromatic N) is 1. The molecule has 208 valence electrons. The number of hydrogen-bond acceptors (Lipinski definition) is 4. The fourth-order valence-electron chi connectivity index (χ4n) is 4.37. The average Bonchev–Trinajstić information content (AvgIpc) is 2.92. The number of nitrogens with one attached hydrogen (secondary N) is 1. The van der Waals surface area contributed by atoms with Crippen LogP contribution in [0.15, 0.2) is 53.6 Å². The molecule has 2 rings (SSSR count). The van der Waals surface area contributed by atoms with Gasteiger partial charge in [0.1, 0.15) is 5.75 Å². The molecule has 0 aliphatic heterocycles. The van der Waals surface area contributed by atoms with E-state index in [-0.39, 0.29) is 5.91 Å². The molecule has 0 aliphatic carbocycles. The molecule has 5 nitrogen and oxygen atoms in total. The molecule has 0 saturated heterocycles. The van der Waals surface area contributed by atoms with E-state index < -0.39 is 5.97 Å². The van der Waals surface area contributed by atoms with Gasteiger partial charge in [0.25, 0.3) is 0 Å². The van der Waals surface area contributed by atoms with Crippen LogP contribution in [0, 0.1) is 6.92 Å². The maximum absolute atomic E-state index is 12.2. The number of esters is 1. The molecule has 2 aromatic rings. The van der Waals surface area contributed by atoms with Crippen LogP contribution < -0.4 is 10.2 Å². The Morgan fingerprint density at radius 3 is 1.74 bits per heavy atom. The predicted octanol–water partition coefficient (Wildman–Crippen LogP) is 8.93. The van der Waals surface area contributed by atoms with E-state index in [1.165, 1.54) is 83.5 Å². The van der Waals surface area contributed by atoms with Crippen molar-refractivity contribution in [2.24, 2.45) is 5.10 Å². The predicted molar refractivity (Wildman–Crippen MR) is 158 cm³/mol. The Labute approximate surface area is 230 Å². The maximum atomic E-state index is 12.2. The summed E-state index contributed by atoms with van der Waals surface area (Å²) in [5, 5.41) is 4.04. The molecule has 1 N–H and O–H groups in total. The van der Waals surface area contributed by atoms with Gasteiger partial charge in [-0.2, -0.15) is 5.10 Å². The third kappa shape index (κ3) is 14.7. The van der Waals surface area contributed by atoms with Gasteiger partial charge in [-0.15, -0.1) is 0 Å². The summed E-state index contributed by atoms with van der Waals surface area (Å²) < 4.78 is 5.40. The van der Waals surface area contributed by atoms with Gasteiger partial charge < -0.3 is 4.74 Å². The summed E-state index contributed by atoms with van der Waals surface area (Å²) in [6, 6.07) is 14.3. The molecule has 0 atom stereocenters. The summed E-state index contributed by atoms with van der Waals surface area (Å²) in [7, 11) is 0. The Hall–Kier alpha value is -2.95. The van der Waals surface area contributed by atoms with E-state index in [9.17, 15) is 9.59 Å². The number of rotatable bonds is 20. The van der Waals surface area contributed by atoms with Gasteiger partial charge in [0.05, 0.1) is 11.8 Å². The van der Waals surface area contributed by atoms with Crippen LogP contribution in [0.5, 0.6) is 5.75 Å². The first kappa shape index (κ1) is 31.3. The van der Waals surface area contributed by atoms with E-state index in [0.717, 1.165) is 24.0 Å². The highest BCUT2D eigenvalue weighted by Crippen LogP contribution is 2.15. The fraction of sp³-hybridized carbons (Fsp3) is 0.545. The Morgan fingerprint density at radius 1 is 0.711 bits per heavy atom. The standard InChI is InChI=1S/C33H48N2O3/c1-3-4-5-6-7-8-9-10-11-12-13-14-15-16-17-18-32(36)35-34-27-29-21-25-31(26-22-29)38-33(37)30-23-19-28(2)20-24-30/h19-27H,3-18H2,1-2H3,(H,35,36)/b34-27+. The first-order chi connectivity index (χ1) is 18.6.